The molecule has 124 valence electrons. The van der Waals surface area contributed by atoms with Crippen molar-refractivity contribution < 1.29 is 22.7 Å². The molecule has 2 rings (SSSR count). The zero-order valence-corrected chi connectivity index (χ0v) is 13.5. The van der Waals surface area contributed by atoms with Crippen LogP contribution in [-0.4, -0.2) is 44.9 Å². The Bertz CT molecular complexity index is 544. The van der Waals surface area contributed by atoms with Crippen molar-refractivity contribution >= 4 is 0 Å². The van der Waals surface area contributed by atoms with Gasteiger partial charge >= 0.3 is 0 Å². The molecule has 3 nitrogen and oxygen atoms in total. The summed E-state index contributed by atoms with van der Waals surface area (Å²) in [6.07, 6.45) is 0. The number of halogens is 2. The Hall–Kier alpha value is -2.14. The summed E-state index contributed by atoms with van der Waals surface area (Å²) < 4.78 is 37.6. The third kappa shape index (κ3) is 6.24. The molecule has 0 fully saturated rings. The van der Waals surface area contributed by atoms with E-state index in [0.29, 0.717) is 24.7 Å². The minimum atomic E-state index is -0.272. The van der Waals surface area contributed by atoms with Crippen LogP contribution in [0.4, 0.5) is 8.78 Å². The second kappa shape index (κ2) is 7.92. The molecule has 0 radical (unpaired) electrons. The van der Waals surface area contributed by atoms with Crippen LogP contribution in [0, 0.1) is 11.6 Å². The number of benzene rings is 2. The molecule has 0 saturated carbocycles. The highest BCUT2D eigenvalue weighted by molar-refractivity contribution is 5.22. The van der Waals surface area contributed by atoms with Crippen LogP contribution in [0.1, 0.15) is 0 Å². The van der Waals surface area contributed by atoms with Gasteiger partial charge < -0.3 is 14.0 Å². The maximum Gasteiger partial charge on any atom is 0.137 e. The molecule has 0 bridgehead atoms. The van der Waals surface area contributed by atoms with Crippen LogP contribution < -0.4 is 9.47 Å². The molecule has 0 saturated heterocycles. The van der Waals surface area contributed by atoms with Crippen molar-refractivity contribution in [3.63, 3.8) is 0 Å². The van der Waals surface area contributed by atoms with Gasteiger partial charge in [0, 0.05) is 0 Å². The summed E-state index contributed by atoms with van der Waals surface area (Å²) >= 11 is 0. The zero-order valence-electron chi connectivity index (χ0n) is 13.5. The zero-order chi connectivity index (χ0) is 16.7. The van der Waals surface area contributed by atoms with Gasteiger partial charge in [-0.25, -0.2) is 8.78 Å². The molecule has 0 aromatic heterocycles. The quantitative estimate of drug-likeness (QED) is 0.693. The van der Waals surface area contributed by atoms with Crippen LogP contribution in [0.25, 0.3) is 0 Å². The fourth-order valence-electron chi connectivity index (χ4n) is 1.99. The first-order valence-electron chi connectivity index (χ1n) is 7.53. The molecule has 5 heteroatoms. The highest BCUT2D eigenvalue weighted by atomic mass is 19.1. The topological polar surface area (TPSA) is 18.5 Å². The van der Waals surface area contributed by atoms with Gasteiger partial charge in [-0.3, -0.25) is 0 Å². The first kappa shape index (κ1) is 17.2. The van der Waals surface area contributed by atoms with Crippen LogP contribution in [-0.2, 0) is 0 Å². The van der Waals surface area contributed by atoms with E-state index in [1.54, 1.807) is 24.3 Å². The fraction of sp³-hybridized carbons (Fsp3) is 0.333. The van der Waals surface area contributed by atoms with Crippen molar-refractivity contribution in [2.24, 2.45) is 0 Å². The van der Waals surface area contributed by atoms with Crippen LogP contribution in [0.3, 0.4) is 0 Å². The Morgan fingerprint density at radius 2 is 1.04 bits per heavy atom. The van der Waals surface area contributed by atoms with E-state index >= 15 is 0 Å². The van der Waals surface area contributed by atoms with Gasteiger partial charge in [-0.15, -0.1) is 0 Å². The molecule has 2 aromatic rings. The van der Waals surface area contributed by atoms with E-state index in [0.717, 1.165) is 17.6 Å². The van der Waals surface area contributed by atoms with Crippen LogP contribution in [0.5, 0.6) is 11.5 Å². The number of nitrogens with zero attached hydrogens (tertiary/aromatic N) is 1. The van der Waals surface area contributed by atoms with Crippen molar-refractivity contribution in [2.75, 3.05) is 40.4 Å². The number of hydrogen-bond acceptors (Lipinski definition) is 2. The summed E-state index contributed by atoms with van der Waals surface area (Å²) in [7, 11) is 4.17. The maximum atomic E-state index is 12.8. The van der Waals surface area contributed by atoms with Gasteiger partial charge in [-0.1, -0.05) is 0 Å². The average Bonchev–Trinajstić information content (AvgIpc) is 2.51. The van der Waals surface area contributed by atoms with Gasteiger partial charge in [0.25, 0.3) is 0 Å². The Labute approximate surface area is 135 Å². The third-order valence-corrected chi connectivity index (χ3v) is 3.56. The number of quaternary nitrogens is 1. The molecule has 0 amide bonds. The Balaban J connectivity index is 1.69. The molecule has 0 N–H and O–H groups in total. The van der Waals surface area contributed by atoms with E-state index in [2.05, 4.69) is 14.1 Å². The van der Waals surface area contributed by atoms with Crippen molar-refractivity contribution in [1.29, 1.82) is 0 Å². The van der Waals surface area contributed by atoms with Crippen LogP contribution in [0.2, 0.25) is 0 Å². The first-order valence-corrected chi connectivity index (χ1v) is 7.53. The number of likely N-dealkylation sites (N-methyl/N-ethyl adjacent to an activating group) is 1. The molecule has 0 aliphatic carbocycles. The van der Waals surface area contributed by atoms with Crippen molar-refractivity contribution in [3.05, 3.63) is 60.2 Å². The second-order valence-corrected chi connectivity index (χ2v) is 5.99. The van der Waals surface area contributed by atoms with Crippen molar-refractivity contribution in [3.8, 4) is 11.5 Å². The fourth-order valence-corrected chi connectivity index (χ4v) is 1.99. The predicted molar refractivity (Wildman–Crippen MR) is 85.6 cm³/mol. The summed E-state index contributed by atoms with van der Waals surface area (Å²) in [4.78, 5) is 0. The molecule has 0 aliphatic heterocycles. The lowest BCUT2D eigenvalue weighted by Crippen LogP contribution is -2.45. The molecule has 0 heterocycles. The Kier molecular flexibility index (Phi) is 5.93. The standard InChI is InChI=1S/C18H22F2NO2/c1-21(2,11-13-22-17-7-3-15(19)4-8-17)12-14-23-18-9-5-16(20)6-10-18/h3-10H,11-14H2,1-2H3/q+1. The van der Waals surface area contributed by atoms with E-state index < -0.39 is 0 Å². The van der Waals surface area contributed by atoms with Crippen LogP contribution in [0.15, 0.2) is 48.5 Å². The summed E-state index contributed by atoms with van der Waals surface area (Å²) in [5.74, 6) is 0.778. The van der Waals surface area contributed by atoms with E-state index in [-0.39, 0.29) is 11.6 Å². The van der Waals surface area contributed by atoms with Crippen LogP contribution >= 0.6 is 0 Å². The number of rotatable bonds is 8. The SMILES string of the molecule is C[N+](C)(CCOc1ccc(F)cc1)CCOc1ccc(F)cc1. The Morgan fingerprint density at radius 1 is 0.696 bits per heavy atom. The van der Waals surface area contributed by atoms with Gasteiger partial charge in [0.15, 0.2) is 0 Å². The monoisotopic (exact) mass is 322 g/mol. The van der Waals surface area contributed by atoms with Crippen molar-refractivity contribution in [1.82, 2.24) is 0 Å². The summed E-state index contributed by atoms with van der Waals surface area (Å²) in [6.45, 7) is 2.67. The van der Waals surface area contributed by atoms with E-state index in [1.165, 1.54) is 24.3 Å². The smallest absolute Gasteiger partial charge is 0.137 e. The van der Waals surface area contributed by atoms with Gasteiger partial charge in [0.2, 0.25) is 0 Å². The lowest BCUT2D eigenvalue weighted by atomic mass is 10.3. The maximum absolute atomic E-state index is 12.8. The molecule has 0 spiro atoms. The van der Waals surface area contributed by atoms with E-state index in [9.17, 15) is 8.78 Å². The van der Waals surface area contributed by atoms with E-state index in [4.69, 9.17) is 9.47 Å². The van der Waals surface area contributed by atoms with Crippen molar-refractivity contribution in [2.45, 2.75) is 0 Å². The summed E-state index contributed by atoms with van der Waals surface area (Å²) in [6, 6.07) is 12.0. The average molecular weight is 322 g/mol. The second-order valence-electron chi connectivity index (χ2n) is 5.99. The minimum absolute atomic E-state index is 0.272. The summed E-state index contributed by atoms with van der Waals surface area (Å²) in [5, 5.41) is 0. The molecule has 0 atom stereocenters. The largest absolute Gasteiger partial charge is 0.488 e. The van der Waals surface area contributed by atoms with Gasteiger partial charge in [-0.05, 0) is 48.5 Å². The highest BCUT2D eigenvalue weighted by Gasteiger charge is 2.15. The third-order valence-electron chi connectivity index (χ3n) is 3.56. The Morgan fingerprint density at radius 3 is 1.39 bits per heavy atom. The van der Waals surface area contributed by atoms with Gasteiger partial charge in [0.05, 0.1) is 14.1 Å². The lowest BCUT2D eigenvalue weighted by molar-refractivity contribution is -0.890. The van der Waals surface area contributed by atoms with Gasteiger partial charge in [0.1, 0.15) is 49.4 Å². The molecule has 2 aromatic carbocycles. The van der Waals surface area contributed by atoms with E-state index in [1.807, 2.05) is 0 Å². The minimum Gasteiger partial charge on any atom is -0.488 e. The van der Waals surface area contributed by atoms with Gasteiger partial charge in [-0.2, -0.15) is 0 Å². The molecule has 23 heavy (non-hydrogen) atoms. The first-order chi connectivity index (χ1) is 10.9. The normalized spacial score (nSPS) is 11.3. The number of ether oxygens (including phenoxy) is 2. The lowest BCUT2D eigenvalue weighted by Gasteiger charge is -2.29. The number of hydrogen-bond donors (Lipinski definition) is 0. The molecule has 0 unspecified atom stereocenters. The predicted octanol–water partition coefficient (Wildman–Crippen LogP) is 3.50. The highest BCUT2D eigenvalue weighted by Crippen LogP contribution is 2.12. The molecule has 0 aliphatic rings. The molecular weight excluding hydrogens is 300 g/mol. The molecular formula is C18H22F2NO2+. The summed E-state index contributed by atoms with van der Waals surface area (Å²) in [5.41, 5.74) is 0.